The van der Waals surface area contributed by atoms with Gasteiger partial charge in [0.2, 0.25) is 0 Å². The van der Waals surface area contributed by atoms with Gasteiger partial charge in [0.15, 0.2) is 0 Å². The molecule has 19 heavy (non-hydrogen) atoms. The van der Waals surface area contributed by atoms with Crippen molar-refractivity contribution in [2.75, 3.05) is 0 Å². The van der Waals surface area contributed by atoms with Gasteiger partial charge in [-0.1, -0.05) is 58.9 Å². The first kappa shape index (κ1) is 15.9. The van der Waals surface area contributed by atoms with E-state index in [4.69, 9.17) is 0 Å². The van der Waals surface area contributed by atoms with E-state index in [1.54, 1.807) is 0 Å². The zero-order chi connectivity index (χ0) is 14.5. The van der Waals surface area contributed by atoms with Crippen LogP contribution in [0.2, 0.25) is 0 Å². The molecular weight excluding hydrogens is 232 g/mol. The lowest BCUT2D eigenvalue weighted by Gasteiger charge is -2.19. The van der Waals surface area contributed by atoms with Gasteiger partial charge < -0.3 is 0 Å². The van der Waals surface area contributed by atoms with Gasteiger partial charge in [-0.25, -0.2) is 0 Å². The van der Waals surface area contributed by atoms with Crippen LogP contribution in [0.15, 0.2) is 24.3 Å². The highest BCUT2D eigenvalue weighted by Gasteiger charge is 2.12. The van der Waals surface area contributed by atoms with Crippen molar-refractivity contribution in [1.29, 1.82) is 0 Å². The highest BCUT2D eigenvalue weighted by atomic mass is 16.1. The van der Waals surface area contributed by atoms with Crippen molar-refractivity contribution in [2.24, 2.45) is 5.92 Å². The molecule has 0 heterocycles. The summed E-state index contributed by atoms with van der Waals surface area (Å²) < 4.78 is 0. The van der Waals surface area contributed by atoms with Crippen LogP contribution in [0, 0.1) is 5.92 Å². The molecule has 1 nitrogen and oxygen atoms in total. The van der Waals surface area contributed by atoms with Gasteiger partial charge in [-0.3, -0.25) is 4.79 Å². The minimum atomic E-state index is 0.186. The standard InChI is InChI=1S/C18H28O/c1-14(2)17(19)9-7-6-8-15-10-12-16(13-11-15)18(3,4)5/h10-14H,6-9H2,1-5H3. The number of aryl methyl sites for hydroxylation is 1. The van der Waals surface area contributed by atoms with Crippen molar-refractivity contribution < 1.29 is 4.79 Å². The van der Waals surface area contributed by atoms with E-state index >= 15 is 0 Å². The van der Waals surface area contributed by atoms with Crippen molar-refractivity contribution in [1.82, 2.24) is 0 Å². The molecule has 0 fully saturated rings. The Kier molecular flexibility index (Phi) is 5.78. The molecule has 0 aliphatic rings. The number of rotatable bonds is 6. The fraction of sp³-hybridized carbons (Fsp3) is 0.611. The van der Waals surface area contributed by atoms with Crippen LogP contribution in [0.3, 0.4) is 0 Å². The van der Waals surface area contributed by atoms with Crippen LogP contribution >= 0.6 is 0 Å². The zero-order valence-electron chi connectivity index (χ0n) is 13.1. The summed E-state index contributed by atoms with van der Waals surface area (Å²) in [5, 5.41) is 0. The molecule has 0 saturated heterocycles. The van der Waals surface area contributed by atoms with E-state index in [1.165, 1.54) is 11.1 Å². The van der Waals surface area contributed by atoms with E-state index in [2.05, 4.69) is 45.0 Å². The van der Waals surface area contributed by atoms with E-state index in [0.29, 0.717) is 5.78 Å². The minimum absolute atomic E-state index is 0.186. The Morgan fingerprint density at radius 3 is 2.11 bits per heavy atom. The summed E-state index contributed by atoms with van der Waals surface area (Å²) in [6.07, 6.45) is 3.93. The Morgan fingerprint density at radius 1 is 1.05 bits per heavy atom. The summed E-state index contributed by atoms with van der Waals surface area (Å²) in [7, 11) is 0. The molecule has 0 amide bonds. The molecule has 0 saturated carbocycles. The molecule has 0 radical (unpaired) electrons. The lowest BCUT2D eigenvalue weighted by atomic mass is 9.86. The van der Waals surface area contributed by atoms with Crippen molar-refractivity contribution in [3.63, 3.8) is 0 Å². The summed E-state index contributed by atoms with van der Waals surface area (Å²) in [6, 6.07) is 8.92. The van der Waals surface area contributed by atoms with Gasteiger partial charge in [-0.05, 0) is 35.8 Å². The maximum absolute atomic E-state index is 11.5. The third kappa shape index (κ3) is 5.59. The van der Waals surface area contributed by atoms with Crippen molar-refractivity contribution in [3.8, 4) is 0 Å². The molecule has 1 aromatic carbocycles. The SMILES string of the molecule is CC(C)C(=O)CCCCc1ccc(C(C)(C)C)cc1. The maximum Gasteiger partial charge on any atom is 0.135 e. The minimum Gasteiger partial charge on any atom is -0.299 e. The molecule has 1 rings (SSSR count). The summed E-state index contributed by atoms with van der Waals surface area (Å²) in [5.74, 6) is 0.578. The first-order valence-corrected chi connectivity index (χ1v) is 7.43. The van der Waals surface area contributed by atoms with Crippen LogP contribution < -0.4 is 0 Å². The van der Waals surface area contributed by atoms with E-state index in [0.717, 1.165) is 25.7 Å². The second-order valence-corrected chi connectivity index (χ2v) is 6.78. The van der Waals surface area contributed by atoms with Gasteiger partial charge in [-0.2, -0.15) is 0 Å². The van der Waals surface area contributed by atoms with Gasteiger partial charge in [0.1, 0.15) is 5.78 Å². The van der Waals surface area contributed by atoms with Crippen LogP contribution in [-0.4, -0.2) is 5.78 Å². The summed E-state index contributed by atoms with van der Waals surface area (Å²) in [4.78, 5) is 11.5. The van der Waals surface area contributed by atoms with E-state index < -0.39 is 0 Å². The first-order chi connectivity index (χ1) is 8.80. The molecule has 0 aliphatic heterocycles. The molecule has 1 aromatic rings. The van der Waals surface area contributed by atoms with Gasteiger partial charge in [0.25, 0.3) is 0 Å². The third-order valence-corrected chi connectivity index (χ3v) is 3.60. The maximum atomic E-state index is 11.5. The molecule has 0 atom stereocenters. The number of carbonyl (C=O) groups is 1. The molecule has 0 bridgehead atoms. The highest BCUT2D eigenvalue weighted by Crippen LogP contribution is 2.22. The van der Waals surface area contributed by atoms with Crippen molar-refractivity contribution in [3.05, 3.63) is 35.4 Å². The molecular formula is C18H28O. The van der Waals surface area contributed by atoms with Crippen LogP contribution in [-0.2, 0) is 16.6 Å². The van der Waals surface area contributed by atoms with E-state index in [9.17, 15) is 4.79 Å². The van der Waals surface area contributed by atoms with E-state index in [1.807, 2.05) is 13.8 Å². The number of Topliss-reactive ketones (excluding diaryl/α,β-unsaturated/α-hetero) is 1. The zero-order valence-corrected chi connectivity index (χ0v) is 13.1. The average Bonchev–Trinajstić information content (AvgIpc) is 2.33. The van der Waals surface area contributed by atoms with Gasteiger partial charge in [0, 0.05) is 12.3 Å². The number of carbonyl (C=O) groups excluding carboxylic acids is 1. The predicted molar refractivity (Wildman–Crippen MR) is 82.5 cm³/mol. The monoisotopic (exact) mass is 260 g/mol. The molecule has 0 N–H and O–H groups in total. The quantitative estimate of drug-likeness (QED) is 0.663. The third-order valence-electron chi connectivity index (χ3n) is 3.60. The number of ketones is 1. The largest absolute Gasteiger partial charge is 0.299 e. The van der Waals surface area contributed by atoms with Crippen LogP contribution in [0.4, 0.5) is 0 Å². The van der Waals surface area contributed by atoms with E-state index in [-0.39, 0.29) is 11.3 Å². The fourth-order valence-electron chi connectivity index (χ4n) is 2.09. The lowest BCUT2D eigenvalue weighted by Crippen LogP contribution is -2.10. The number of hydrogen-bond donors (Lipinski definition) is 0. The number of benzene rings is 1. The summed E-state index contributed by atoms with van der Waals surface area (Å²) in [5.41, 5.74) is 2.98. The van der Waals surface area contributed by atoms with Crippen LogP contribution in [0.1, 0.15) is 65.0 Å². The fourth-order valence-corrected chi connectivity index (χ4v) is 2.09. The molecule has 1 heteroatoms. The van der Waals surface area contributed by atoms with Gasteiger partial charge in [-0.15, -0.1) is 0 Å². The Hall–Kier alpha value is -1.11. The lowest BCUT2D eigenvalue weighted by molar-refractivity contribution is -0.122. The second-order valence-electron chi connectivity index (χ2n) is 6.78. The molecule has 0 unspecified atom stereocenters. The molecule has 0 aromatic heterocycles. The molecule has 0 spiro atoms. The normalized spacial score (nSPS) is 11.9. The highest BCUT2D eigenvalue weighted by molar-refractivity contribution is 5.80. The molecule has 106 valence electrons. The summed E-state index contributed by atoms with van der Waals surface area (Å²) >= 11 is 0. The Morgan fingerprint density at radius 2 is 1.63 bits per heavy atom. The number of unbranched alkanes of at least 4 members (excludes halogenated alkanes) is 1. The van der Waals surface area contributed by atoms with Gasteiger partial charge in [0.05, 0.1) is 0 Å². The predicted octanol–water partition coefficient (Wildman–Crippen LogP) is 4.92. The topological polar surface area (TPSA) is 17.1 Å². The molecule has 0 aliphatic carbocycles. The Labute approximate surface area is 118 Å². The first-order valence-electron chi connectivity index (χ1n) is 7.43. The smallest absolute Gasteiger partial charge is 0.135 e. The van der Waals surface area contributed by atoms with Crippen LogP contribution in [0.5, 0.6) is 0 Å². The van der Waals surface area contributed by atoms with Crippen molar-refractivity contribution >= 4 is 5.78 Å². The summed E-state index contributed by atoms with van der Waals surface area (Å²) in [6.45, 7) is 10.7. The second kappa shape index (κ2) is 6.88. The average molecular weight is 260 g/mol. The number of hydrogen-bond acceptors (Lipinski definition) is 1. The van der Waals surface area contributed by atoms with Crippen LogP contribution in [0.25, 0.3) is 0 Å². The van der Waals surface area contributed by atoms with Crippen molar-refractivity contribution in [2.45, 2.75) is 65.7 Å². The Balaban J connectivity index is 2.37. The van der Waals surface area contributed by atoms with Gasteiger partial charge >= 0.3 is 0 Å². The Bertz CT molecular complexity index is 393.